The van der Waals surface area contributed by atoms with Crippen molar-refractivity contribution in [1.82, 2.24) is 10.2 Å². The van der Waals surface area contributed by atoms with Gasteiger partial charge in [-0.3, -0.25) is 0 Å². The van der Waals surface area contributed by atoms with Crippen molar-refractivity contribution in [2.45, 2.75) is 39.8 Å². The van der Waals surface area contributed by atoms with Gasteiger partial charge in [-0.1, -0.05) is 18.5 Å². The Morgan fingerprint density at radius 3 is 2.71 bits per heavy atom. The van der Waals surface area contributed by atoms with Gasteiger partial charge >= 0.3 is 6.09 Å². The summed E-state index contributed by atoms with van der Waals surface area (Å²) in [6.45, 7) is 10.0. The molecule has 0 fully saturated rings. The predicted molar refractivity (Wildman–Crippen MR) is 89.1 cm³/mol. The summed E-state index contributed by atoms with van der Waals surface area (Å²) in [4.78, 5) is 14.7. The Kier molecular flexibility index (Phi) is 6.97. The van der Waals surface area contributed by atoms with E-state index in [0.717, 1.165) is 18.1 Å². The van der Waals surface area contributed by atoms with Crippen LogP contribution in [0, 0.1) is 5.92 Å². The minimum Gasteiger partial charge on any atom is -0.444 e. The molecule has 0 radical (unpaired) electrons. The topological polar surface area (TPSA) is 41.6 Å². The van der Waals surface area contributed by atoms with Gasteiger partial charge in [0.15, 0.2) is 0 Å². The molecule has 6 heteroatoms. The first kappa shape index (κ1) is 18.3. The number of amides is 1. The molecule has 0 saturated heterocycles. The van der Waals surface area contributed by atoms with E-state index in [-0.39, 0.29) is 6.09 Å². The maximum absolute atomic E-state index is 11.9. The molecule has 1 heterocycles. The van der Waals surface area contributed by atoms with E-state index in [1.165, 1.54) is 4.88 Å². The lowest BCUT2D eigenvalue weighted by atomic mass is 10.1. The highest BCUT2D eigenvalue weighted by atomic mass is 35.5. The van der Waals surface area contributed by atoms with Crippen LogP contribution in [0.4, 0.5) is 4.79 Å². The highest BCUT2D eigenvalue weighted by Gasteiger charge is 2.20. The number of carbonyl (C=O) groups excluding carboxylic acids is 1. The van der Waals surface area contributed by atoms with Crippen molar-refractivity contribution in [2.75, 3.05) is 20.1 Å². The molecule has 4 nitrogen and oxygen atoms in total. The highest BCUT2D eigenvalue weighted by Crippen LogP contribution is 2.18. The van der Waals surface area contributed by atoms with Crippen LogP contribution in [-0.4, -0.2) is 36.7 Å². The molecule has 0 aliphatic heterocycles. The Morgan fingerprint density at radius 2 is 2.19 bits per heavy atom. The predicted octanol–water partition coefficient (Wildman–Crippen LogP) is 3.99. The maximum atomic E-state index is 11.9. The molecule has 1 aromatic rings. The number of nitrogens with zero attached hydrogens (tertiary/aromatic N) is 1. The van der Waals surface area contributed by atoms with Crippen molar-refractivity contribution in [1.29, 1.82) is 0 Å². The van der Waals surface area contributed by atoms with Crippen LogP contribution in [0.5, 0.6) is 0 Å². The number of halogens is 1. The second kappa shape index (κ2) is 8.01. The Labute approximate surface area is 136 Å². The van der Waals surface area contributed by atoms with E-state index in [2.05, 4.69) is 12.2 Å². The number of rotatable bonds is 6. The Balaban J connectivity index is 2.26. The van der Waals surface area contributed by atoms with Crippen LogP contribution >= 0.6 is 22.9 Å². The molecule has 0 saturated carbocycles. The number of hydrogen-bond acceptors (Lipinski definition) is 4. The molecule has 120 valence electrons. The average molecular weight is 333 g/mol. The van der Waals surface area contributed by atoms with Crippen molar-refractivity contribution in [3.8, 4) is 0 Å². The lowest BCUT2D eigenvalue weighted by Gasteiger charge is -2.26. The normalized spacial score (nSPS) is 13.0. The first-order valence-electron chi connectivity index (χ1n) is 7.05. The molecule has 0 aliphatic rings. The van der Waals surface area contributed by atoms with Crippen molar-refractivity contribution in [3.63, 3.8) is 0 Å². The zero-order valence-corrected chi connectivity index (χ0v) is 15.0. The summed E-state index contributed by atoms with van der Waals surface area (Å²) >= 11 is 7.53. The highest BCUT2D eigenvalue weighted by molar-refractivity contribution is 7.10. The first-order chi connectivity index (χ1) is 9.67. The summed E-state index contributed by atoms with van der Waals surface area (Å²) in [5.41, 5.74) is -0.453. The monoisotopic (exact) mass is 332 g/mol. The molecule has 21 heavy (non-hydrogen) atoms. The Morgan fingerprint density at radius 1 is 1.52 bits per heavy atom. The number of thiophene rings is 1. The zero-order valence-electron chi connectivity index (χ0n) is 13.4. The van der Waals surface area contributed by atoms with Crippen LogP contribution in [0.2, 0.25) is 5.02 Å². The van der Waals surface area contributed by atoms with Crippen LogP contribution in [-0.2, 0) is 11.3 Å². The van der Waals surface area contributed by atoms with E-state index in [4.69, 9.17) is 16.3 Å². The Hall–Kier alpha value is -0.780. The van der Waals surface area contributed by atoms with Crippen molar-refractivity contribution >= 4 is 29.0 Å². The quantitative estimate of drug-likeness (QED) is 0.856. The standard InChI is InChI=1S/C15H25ClN2O2S/c1-11(7-17-8-13-6-12(16)10-21-13)9-18(5)14(19)20-15(2,3)4/h6,10-11,17H,7-9H2,1-5H3. The molecule has 0 bridgehead atoms. The summed E-state index contributed by atoms with van der Waals surface area (Å²) in [6, 6.07) is 1.97. The molecule has 1 rings (SSSR count). The second-order valence-corrected chi connectivity index (χ2v) is 7.76. The first-order valence-corrected chi connectivity index (χ1v) is 8.31. The average Bonchev–Trinajstić information content (AvgIpc) is 2.72. The fraction of sp³-hybridized carbons (Fsp3) is 0.667. The van der Waals surface area contributed by atoms with Crippen molar-refractivity contribution in [3.05, 3.63) is 21.3 Å². The summed E-state index contributed by atoms with van der Waals surface area (Å²) < 4.78 is 5.33. The summed E-state index contributed by atoms with van der Waals surface area (Å²) in [6.07, 6.45) is -0.278. The van der Waals surface area contributed by atoms with E-state index < -0.39 is 5.60 Å². The van der Waals surface area contributed by atoms with Gasteiger partial charge in [0.05, 0.1) is 5.02 Å². The maximum Gasteiger partial charge on any atom is 0.410 e. The van der Waals surface area contributed by atoms with E-state index in [1.54, 1.807) is 23.3 Å². The second-order valence-electron chi connectivity index (χ2n) is 6.33. The largest absolute Gasteiger partial charge is 0.444 e. The van der Waals surface area contributed by atoms with Gasteiger partial charge in [-0.2, -0.15) is 0 Å². The molecule has 1 N–H and O–H groups in total. The van der Waals surface area contributed by atoms with E-state index in [0.29, 0.717) is 12.5 Å². The molecule has 1 amide bonds. The summed E-state index contributed by atoms with van der Waals surface area (Å²) in [5, 5.41) is 6.10. The van der Waals surface area contributed by atoms with Gasteiger partial charge in [-0.15, -0.1) is 11.3 Å². The number of nitrogens with one attached hydrogen (secondary N) is 1. The summed E-state index contributed by atoms with van der Waals surface area (Å²) in [7, 11) is 1.77. The van der Waals surface area contributed by atoms with Crippen LogP contribution in [0.25, 0.3) is 0 Å². The molecule has 1 aromatic heterocycles. The van der Waals surface area contributed by atoms with E-state index >= 15 is 0 Å². The summed E-state index contributed by atoms with van der Waals surface area (Å²) in [5.74, 6) is 0.345. The molecule has 0 aliphatic carbocycles. The lowest BCUT2D eigenvalue weighted by molar-refractivity contribution is 0.0277. The number of ether oxygens (including phenoxy) is 1. The number of hydrogen-bond donors (Lipinski definition) is 1. The third kappa shape index (κ3) is 7.69. The van der Waals surface area contributed by atoms with Gasteiger partial charge in [-0.05, 0) is 39.3 Å². The van der Waals surface area contributed by atoms with Crippen LogP contribution in [0.3, 0.4) is 0 Å². The third-order valence-corrected chi connectivity index (χ3v) is 3.99. The van der Waals surface area contributed by atoms with Crippen molar-refractivity contribution < 1.29 is 9.53 Å². The van der Waals surface area contributed by atoms with Gasteiger partial charge in [0.25, 0.3) is 0 Å². The third-order valence-electron chi connectivity index (χ3n) is 2.70. The van der Waals surface area contributed by atoms with Gasteiger partial charge in [-0.25, -0.2) is 4.79 Å². The van der Waals surface area contributed by atoms with E-state index in [9.17, 15) is 4.79 Å². The van der Waals surface area contributed by atoms with Crippen LogP contribution in [0.15, 0.2) is 11.4 Å². The molecule has 1 unspecified atom stereocenters. The zero-order chi connectivity index (χ0) is 16.0. The number of carbonyl (C=O) groups is 1. The van der Waals surface area contributed by atoms with Gasteiger partial charge < -0.3 is 15.0 Å². The van der Waals surface area contributed by atoms with Gasteiger partial charge in [0, 0.05) is 30.4 Å². The minimum absolute atomic E-state index is 0.278. The molecule has 0 aromatic carbocycles. The molecule has 1 atom stereocenters. The van der Waals surface area contributed by atoms with Crippen LogP contribution in [0.1, 0.15) is 32.6 Å². The molecular weight excluding hydrogens is 308 g/mol. The minimum atomic E-state index is -0.453. The van der Waals surface area contributed by atoms with Gasteiger partial charge in [0.2, 0.25) is 0 Å². The van der Waals surface area contributed by atoms with E-state index in [1.807, 2.05) is 32.2 Å². The smallest absolute Gasteiger partial charge is 0.410 e. The Bertz CT molecular complexity index is 457. The van der Waals surface area contributed by atoms with Crippen molar-refractivity contribution in [2.24, 2.45) is 5.92 Å². The lowest BCUT2D eigenvalue weighted by Crippen LogP contribution is -2.38. The fourth-order valence-corrected chi connectivity index (χ4v) is 2.88. The fourth-order valence-electron chi connectivity index (χ4n) is 1.83. The SMILES string of the molecule is CC(CNCc1cc(Cl)cs1)CN(C)C(=O)OC(C)(C)C. The molecular formula is C15H25ClN2O2S. The van der Waals surface area contributed by atoms with Gasteiger partial charge in [0.1, 0.15) is 5.60 Å². The molecule has 0 spiro atoms. The van der Waals surface area contributed by atoms with Crippen LogP contribution < -0.4 is 5.32 Å².